The van der Waals surface area contributed by atoms with E-state index in [1.54, 1.807) is 43.5 Å². The van der Waals surface area contributed by atoms with Gasteiger partial charge in [-0.1, -0.05) is 112 Å². The lowest BCUT2D eigenvalue weighted by Gasteiger charge is -2.27. The molecule has 368 valence electrons. The first kappa shape index (κ1) is 55.2. The van der Waals surface area contributed by atoms with E-state index >= 15 is 0 Å². The third-order valence-electron chi connectivity index (χ3n) is 11.7. The number of carbonyl (C=O) groups is 9. The molecule has 0 bridgehead atoms. The molecule has 10 unspecified atom stereocenters. The number of nitrogens with zero attached hydrogens (tertiary/aromatic N) is 1. The van der Waals surface area contributed by atoms with Crippen LogP contribution in [0.1, 0.15) is 65.5 Å². The van der Waals surface area contributed by atoms with Gasteiger partial charge in [0.1, 0.15) is 35.9 Å². The molecule has 68 heavy (non-hydrogen) atoms. The quantitative estimate of drug-likeness (QED) is 0.118. The Morgan fingerprint density at radius 3 is 1.88 bits per heavy atom. The average molecular weight is 944 g/mol. The van der Waals surface area contributed by atoms with E-state index < -0.39 is 120 Å². The highest BCUT2D eigenvalue weighted by atomic mass is 16.5. The van der Waals surface area contributed by atoms with Crippen molar-refractivity contribution in [1.82, 2.24) is 36.8 Å². The fourth-order valence-electron chi connectivity index (χ4n) is 7.17. The Kier molecular flexibility index (Phi) is 21.3. The van der Waals surface area contributed by atoms with Crippen molar-refractivity contribution in [3.8, 4) is 0 Å². The van der Waals surface area contributed by atoms with Crippen LogP contribution in [0.25, 0.3) is 0 Å². The Morgan fingerprint density at radius 1 is 0.750 bits per heavy atom. The van der Waals surface area contributed by atoms with Crippen molar-refractivity contribution in [2.45, 2.75) is 110 Å². The molecule has 19 nitrogen and oxygen atoms in total. The maximum atomic E-state index is 13.8. The number of carbonyl (C=O) groups excluding carboxylic acids is 7. The van der Waals surface area contributed by atoms with E-state index in [0.29, 0.717) is 12.0 Å². The molecule has 2 aromatic carbocycles. The van der Waals surface area contributed by atoms with Crippen molar-refractivity contribution >= 4 is 53.3 Å². The van der Waals surface area contributed by atoms with E-state index in [9.17, 15) is 53.4 Å². The maximum absolute atomic E-state index is 13.8. The summed E-state index contributed by atoms with van der Waals surface area (Å²) in [4.78, 5) is 121. The summed E-state index contributed by atoms with van der Waals surface area (Å²) in [6, 6.07) is 9.56. The van der Waals surface area contributed by atoms with Crippen LogP contribution in [0.3, 0.4) is 0 Å². The normalized spacial score (nSPS) is 25.9. The van der Waals surface area contributed by atoms with Crippen LogP contribution in [-0.2, 0) is 60.7 Å². The monoisotopic (exact) mass is 943 g/mol. The Balaban J connectivity index is 2.02. The first-order valence-electron chi connectivity index (χ1n) is 22.2. The van der Waals surface area contributed by atoms with Crippen LogP contribution in [0.5, 0.6) is 0 Å². The van der Waals surface area contributed by atoms with Gasteiger partial charge in [0.25, 0.3) is 5.91 Å². The number of rotatable bonds is 11. The summed E-state index contributed by atoms with van der Waals surface area (Å²) < 4.78 is 5.79. The van der Waals surface area contributed by atoms with E-state index in [2.05, 4.69) is 38.5 Å². The molecule has 0 saturated carbocycles. The van der Waals surface area contributed by atoms with Crippen molar-refractivity contribution < 1.29 is 58.1 Å². The summed E-state index contributed by atoms with van der Waals surface area (Å²) in [7, 11) is 2.83. The minimum absolute atomic E-state index is 0.0933. The van der Waals surface area contributed by atoms with Gasteiger partial charge in [-0.3, -0.25) is 33.6 Å². The van der Waals surface area contributed by atoms with Crippen molar-refractivity contribution in [2.24, 2.45) is 17.8 Å². The van der Waals surface area contributed by atoms with Gasteiger partial charge in [-0.05, 0) is 44.7 Å². The Hall–Kier alpha value is -7.15. The molecule has 1 fully saturated rings. The standard InChI is InChI=1S/C49H65N7O12/c1-27(24-28(2)39(68-9)26-35-18-14-11-15-19-35)20-21-36-29(3)42(58)53-37(48(64)65)22-23-40(57)56(8)33(7)46(62)51-32(6)45(61)54-38(25-34-16-12-10-13-17-34)47(63)55-41(49(66)67)30(4)43(59)50-31(5)44(60)52-36/h10-21,24,28-32,36-39,41H,7,22-23,25-26H2,1-6,8-9H3,(H,50,59)(H,51,62)(H,52,60)(H,53,58)(H,54,61)(H,55,63)(H,64,65)(H,66,67). The molecule has 1 aliphatic rings. The second-order valence-corrected chi connectivity index (χ2v) is 17.0. The third-order valence-corrected chi connectivity index (χ3v) is 11.7. The fourth-order valence-corrected chi connectivity index (χ4v) is 7.17. The molecule has 1 heterocycles. The SMILES string of the molecule is C=C1C(=O)NC(C)C(=O)NC(Cc2ccccc2)C(=O)NC(C(=O)O)C(C)C(=O)NC(C)C(=O)NC(C=CC(C)=CC(C)C(Cc2ccccc2)OC)C(C)C(=O)NC(C(=O)O)CCC(=O)N1C. The van der Waals surface area contributed by atoms with Crippen LogP contribution in [0.4, 0.5) is 0 Å². The van der Waals surface area contributed by atoms with E-state index in [4.69, 9.17) is 4.74 Å². The Labute approximate surface area is 396 Å². The summed E-state index contributed by atoms with van der Waals surface area (Å²) in [5.74, 6) is -11.9. The molecule has 1 saturated heterocycles. The molecule has 8 N–H and O–H groups in total. The molecule has 0 radical (unpaired) electrons. The number of likely N-dealkylation sites (N-methyl/N-ethyl adjacent to an activating group) is 1. The molecule has 0 spiro atoms. The van der Waals surface area contributed by atoms with Crippen LogP contribution >= 0.6 is 0 Å². The van der Waals surface area contributed by atoms with Crippen molar-refractivity contribution in [3.63, 3.8) is 0 Å². The molecule has 0 aliphatic carbocycles. The van der Waals surface area contributed by atoms with E-state index in [1.165, 1.54) is 40.8 Å². The van der Waals surface area contributed by atoms with Gasteiger partial charge in [-0.2, -0.15) is 0 Å². The van der Waals surface area contributed by atoms with Crippen LogP contribution < -0.4 is 31.9 Å². The predicted octanol–water partition coefficient (Wildman–Crippen LogP) is 1.78. The van der Waals surface area contributed by atoms with E-state index in [1.807, 2.05) is 50.3 Å². The average Bonchev–Trinajstić information content (AvgIpc) is 3.30. The first-order chi connectivity index (χ1) is 32.0. The molecule has 1 aliphatic heterocycles. The number of benzene rings is 2. The molecule has 2 aromatic rings. The highest BCUT2D eigenvalue weighted by Crippen LogP contribution is 2.18. The van der Waals surface area contributed by atoms with Crippen LogP contribution in [0, 0.1) is 17.8 Å². The van der Waals surface area contributed by atoms with Crippen LogP contribution in [0.15, 0.2) is 96.7 Å². The van der Waals surface area contributed by atoms with Gasteiger partial charge in [0, 0.05) is 32.9 Å². The first-order valence-corrected chi connectivity index (χ1v) is 22.2. The van der Waals surface area contributed by atoms with Crippen LogP contribution in [0.2, 0.25) is 0 Å². The summed E-state index contributed by atoms with van der Waals surface area (Å²) in [6.45, 7) is 12.7. The molecular formula is C49H65N7O12. The summed E-state index contributed by atoms with van der Waals surface area (Å²) >= 11 is 0. The summed E-state index contributed by atoms with van der Waals surface area (Å²) in [6.07, 6.45) is 4.58. The number of nitrogens with one attached hydrogen (secondary N) is 6. The molecular weight excluding hydrogens is 879 g/mol. The number of allylic oxidation sites excluding steroid dienone is 2. The zero-order chi connectivity index (χ0) is 50.8. The Bertz CT molecular complexity index is 2220. The van der Waals surface area contributed by atoms with Crippen molar-refractivity contribution in [1.29, 1.82) is 0 Å². The number of hydrogen-bond donors (Lipinski definition) is 8. The summed E-state index contributed by atoms with van der Waals surface area (Å²) in [5.41, 5.74) is 1.97. The van der Waals surface area contributed by atoms with E-state index in [0.717, 1.165) is 16.0 Å². The number of amides is 7. The predicted molar refractivity (Wildman–Crippen MR) is 251 cm³/mol. The van der Waals surface area contributed by atoms with E-state index in [-0.39, 0.29) is 18.4 Å². The smallest absolute Gasteiger partial charge is 0.327 e. The maximum Gasteiger partial charge on any atom is 0.327 e. The molecule has 7 amide bonds. The van der Waals surface area contributed by atoms with Crippen molar-refractivity contribution in [3.05, 3.63) is 108 Å². The minimum atomic E-state index is -1.86. The minimum Gasteiger partial charge on any atom is -0.480 e. The zero-order valence-corrected chi connectivity index (χ0v) is 39.7. The lowest BCUT2D eigenvalue weighted by molar-refractivity contribution is -0.146. The van der Waals surface area contributed by atoms with Gasteiger partial charge in [0.2, 0.25) is 35.4 Å². The number of hydrogen-bond acceptors (Lipinski definition) is 10. The lowest BCUT2D eigenvalue weighted by atomic mass is 9.94. The van der Waals surface area contributed by atoms with Gasteiger partial charge in [0.15, 0.2) is 0 Å². The lowest BCUT2D eigenvalue weighted by Crippen LogP contribution is -2.59. The Morgan fingerprint density at radius 2 is 1.31 bits per heavy atom. The number of carboxylic acids is 2. The van der Waals surface area contributed by atoms with Gasteiger partial charge in [-0.25, -0.2) is 9.59 Å². The summed E-state index contributed by atoms with van der Waals surface area (Å²) in [5, 5.41) is 35.2. The highest BCUT2D eigenvalue weighted by molar-refractivity contribution is 6.00. The third kappa shape index (κ3) is 16.6. The van der Waals surface area contributed by atoms with Crippen LogP contribution in [-0.4, -0.2) is 125 Å². The zero-order valence-electron chi connectivity index (χ0n) is 39.7. The number of methoxy groups -OCH3 is 1. The number of aliphatic carboxylic acids is 2. The fraction of sp³-hybridized carbons (Fsp3) is 0.449. The molecule has 3 rings (SSSR count). The molecule has 19 heteroatoms. The van der Waals surface area contributed by atoms with Gasteiger partial charge in [-0.15, -0.1) is 0 Å². The van der Waals surface area contributed by atoms with Gasteiger partial charge in [0.05, 0.1) is 24.0 Å². The second-order valence-electron chi connectivity index (χ2n) is 17.0. The second kappa shape index (κ2) is 26.3. The molecule has 0 aromatic heterocycles. The number of carboxylic acid groups (broad SMARTS) is 2. The van der Waals surface area contributed by atoms with Crippen molar-refractivity contribution in [2.75, 3.05) is 14.2 Å². The van der Waals surface area contributed by atoms with Gasteiger partial charge < -0.3 is 51.8 Å². The largest absolute Gasteiger partial charge is 0.480 e. The number of ether oxygens (including phenoxy) is 1. The highest BCUT2D eigenvalue weighted by Gasteiger charge is 2.37. The van der Waals surface area contributed by atoms with Gasteiger partial charge >= 0.3 is 11.9 Å². The molecule has 10 atom stereocenters. The topological polar surface area (TPSA) is 279 Å².